The van der Waals surface area contributed by atoms with Gasteiger partial charge in [-0.1, -0.05) is 30.3 Å². The van der Waals surface area contributed by atoms with Crippen LogP contribution in [0.2, 0.25) is 0 Å². The molecule has 3 rings (SSSR count). The van der Waals surface area contributed by atoms with Gasteiger partial charge in [-0.05, 0) is 61.8 Å². The molecule has 29 heavy (non-hydrogen) atoms. The molecule has 5 nitrogen and oxygen atoms in total. The highest BCUT2D eigenvalue weighted by atomic mass is 32.1. The molecule has 0 bridgehead atoms. The van der Waals surface area contributed by atoms with Gasteiger partial charge in [0.1, 0.15) is 23.3 Å². The molecule has 1 aromatic carbocycles. The van der Waals surface area contributed by atoms with Crippen LogP contribution in [0.25, 0.3) is 5.57 Å². The number of amides is 1. The first-order valence-corrected chi connectivity index (χ1v) is 10.4. The molecule has 0 spiro atoms. The zero-order chi connectivity index (χ0) is 21.0. The highest BCUT2D eigenvalue weighted by molar-refractivity contribution is 7.10. The van der Waals surface area contributed by atoms with Crippen LogP contribution in [-0.2, 0) is 11.2 Å². The minimum atomic E-state index is -0.619. The Bertz CT molecular complexity index is 988. The summed E-state index contributed by atoms with van der Waals surface area (Å²) in [6.45, 7) is 5.45. The second-order valence-electron chi connectivity index (χ2n) is 7.95. The maximum Gasteiger partial charge on any atom is 0.408 e. The Morgan fingerprint density at radius 1 is 1.21 bits per heavy atom. The number of benzene rings is 1. The molecule has 0 radical (unpaired) electrons. The third-order valence-corrected chi connectivity index (χ3v) is 5.78. The molecule has 0 saturated heterocycles. The van der Waals surface area contributed by atoms with Gasteiger partial charge >= 0.3 is 6.09 Å². The van der Waals surface area contributed by atoms with Crippen LogP contribution < -0.4 is 5.32 Å². The van der Waals surface area contributed by atoms with Gasteiger partial charge in [0.05, 0.1) is 6.04 Å². The van der Waals surface area contributed by atoms with Crippen molar-refractivity contribution in [2.24, 2.45) is 5.92 Å². The molecule has 0 aliphatic heterocycles. The predicted molar refractivity (Wildman–Crippen MR) is 113 cm³/mol. The fourth-order valence-electron chi connectivity index (χ4n) is 3.73. The van der Waals surface area contributed by atoms with E-state index in [1.807, 2.05) is 62.5 Å². The van der Waals surface area contributed by atoms with Gasteiger partial charge in [0.2, 0.25) is 0 Å². The first kappa shape index (κ1) is 20.6. The summed E-state index contributed by atoms with van der Waals surface area (Å²) >= 11 is 1.54. The summed E-state index contributed by atoms with van der Waals surface area (Å²) in [4.78, 5) is 13.6. The van der Waals surface area contributed by atoms with Crippen molar-refractivity contribution < 1.29 is 9.53 Å². The number of rotatable bonds is 3. The van der Waals surface area contributed by atoms with Crippen molar-refractivity contribution in [2.75, 3.05) is 0 Å². The van der Waals surface area contributed by atoms with E-state index in [9.17, 15) is 15.3 Å². The van der Waals surface area contributed by atoms with E-state index in [0.29, 0.717) is 5.57 Å². The van der Waals surface area contributed by atoms with Crippen molar-refractivity contribution in [1.29, 1.82) is 10.5 Å². The van der Waals surface area contributed by atoms with Crippen molar-refractivity contribution in [3.8, 4) is 12.1 Å². The Morgan fingerprint density at radius 3 is 2.55 bits per heavy atom. The molecule has 148 valence electrons. The largest absolute Gasteiger partial charge is 0.444 e. The lowest BCUT2D eigenvalue weighted by atomic mass is 9.74. The normalized spacial score (nSPS) is 16.7. The molecule has 0 saturated carbocycles. The van der Waals surface area contributed by atoms with E-state index in [-0.39, 0.29) is 17.5 Å². The van der Waals surface area contributed by atoms with E-state index in [2.05, 4.69) is 17.5 Å². The minimum absolute atomic E-state index is 0.0923. The summed E-state index contributed by atoms with van der Waals surface area (Å²) in [6.07, 6.45) is 1.02. The van der Waals surface area contributed by atoms with Gasteiger partial charge in [-0.25, -0.2) is 4.79 Å². The lowest BCUT2D eigenvalue weighted by Crippen LogP contribution is -2.38. The van der Waals surface area contributed by atoms with Crippen molar-refractivity contribution in [1.82, 2.24) is 5.32 Å². The molecule has 1 heterocycles. The molecule has 2 atom stereocenters. The fourth-order valence-corrected chi connectivity index (χ4v) is 4.57. The summed E-state index contributed by atoms with van der Waals surface area (Å²) in [5.41, 5.74) is 2.20. The second-order valence-corrected chi connectivity index (χ2v) is 8.93. The molecule has 1 aliphatic carbocycles. The van der Waals surface area contributed by atoms with E-state index in [1.165, 1.54) is 11.3 Å². The minimum Gasteiger partial charge on any atom is -0.444 e. The first-order chi connectivity index (χ1) is 13.8. The van der Waals surface area contributed by atoms with Crippen LogP contribution in [-0.4, -0.2) is 11.7 Å². The molecule has 1 aliphatic rings. The maximum absolute atomic E-state index is 12.6. The third kappa shape index (κ3) is 4.67. The highest BCUT2D eigenvalue weighted by Crippen LogP contribution is 2.44. The Kier molecular flexibility index (Phi) is 6.06. The quantitative estimate of drug-likeness (QED) is 0.695. The van der Waals surface area contributed by atoms with Crippen LogP contribution >= 0.6 is 11.3 Å². The molecule has 1 unspecified atom stereocenters. The fraction of sp³-hybridized carbons (Fsp3) is 0.348. The van der Waals surface area contributed by atoms with Gasteiger partial charge in [0.15, 0.2) is 0 Å². The third-order valence-electron chi connectivity index (χ3n) is 4.82. The lowest BCUT2D eigenvalue weighted by Gasteiger charge is -2.34. The number of alkyl carbamates (subject to hydrolysis) is 1. The van der Waals surface area contributed by atoms with Gasteiger partial charge in [-0.15, -0.1) is 11.3 Å². The van der Waals surface area contributed by atoms with Gasteiger partial charge < -0.3 is 10.1 Å². The number of carbonyl (C=O) groups is 1. The zero-order valence-corrected chi connectivity index (χ0v) is 17.5. The van der Waals surface area contributed by atoms with E-state index < -0.39 is 11.7 Å². The van der Waals surface area contributed by atoms with Gasteiger partial charge in [-0.2, -0.15) is 10.5 Å². The van der Waals surface area contributed by atoms with Crippen LogP contribution in [0.4, 0.5) is 4.79 Å². The van der Waals surface area contributed by atoms with Gasteiger partial charge in [0.25, 0.3) is 0 Å². The Labute approximate surface area is 175 Å². The number of hydrogen-bond acceptors (Lipinski definition) is 5. The summed E-state index contributed by atoms with van der Waals surface area (Å²) in [7, 11) is 0. The second kappa shape index (κ2) is 8.51. The van der Waals surface area contributed by atoms with Gasteiger partial charge in [0, 0.05) is 10.8 Å². The molecule has 0 fully saturated rings. The van der Waals surface area contributed by atoms with Gasteiger partial charge in [-0.3, -0.25) is 0 Å². The van der Waals surface area contributed by atoms with Crippen molar-refractivity contribution in [3.05, 3.63) is 63.4 Å². The molecule has 1 amide bonds. The molecule has 1 N–H and O–H groups in total. The van der Waals surface area contributed by atoms with Crippen molar-refractivity contribution in [2.45, 2.75) is 45.3 Å². The number of fused-ring (bicyclic) bond motifs is 1. The highest BCUT2D eigenvalue weighted by Gasteiger charge is 2.36. The number of thiophene rings is 1. The number of carbonyl (C=O) groups excluding carboxylic acids is 1. The molecular formula is C23H23N3O2S. The average molecular weight is 406 g/mol. The van der Waals surface area contributed by atoms with E-state index in [0.717, 1.165) is 28.8 Å². The maximum atomic E-state index is 12.6. The summed E-state index contributed by atoms with van der Waals surface area (Å²) in [5, 5.41) is 24.2. The summed E-state index contributed by atoms with van der Waals surface area (Å²) < 4.78 is 5.48. The number of allylic oxidation sites excluding steroid dienone is 1. The summed E-state index contributed by atoms with van der Waals surface area (Å²) in [6, 6.07) is 15.5. The predicted octanol–water partition coefficient (Wildman–Crippen LogP) is 5.38. The van der Waals surface area contributed by atoms with Crippen LogP contribution in [0.3, 0.4) is 0 Å². The Balaban J connectivity index is 2.07. The van der Waals surface area contributed by atoms with Crippen LogP contribution in [0.1, 0.15) is 49.2 Å². The zero-order valence-electron chi connectivity index (χ0n) is 16.7. The van der Waals surface area contributed by atoms with E-state index in [4.69, 9.17) is 4.74 Å². The average Bonchev–Trinajstić information content (AvgIpc) is 3.20. The van der Waals surface area contributed by atoms with Crippen LogP contribution in [0, 0.1) is 28.6 Å². The lowest BCUT2D eigenvalue weighted by molar-refractivity contribution is 0.0492. The first-order valence-electron chi connectivity index (χ1n) is 9.49. The monoisotopic (exact) mass is 405 g/mol. The smallest absolute Gasteiger partial charge is 0.408 e. The molecule has 1 aromatic heterocycles. The number of ether oxygens (including phenoxy) is 1. The Hall–Kier alpha value is -3.09. The standard InChI is InChI=1S/C23H23N3O2S/c1-23(2,3)28-22(27)26-21(19-9-6-12-29-19)18-11-10-15-7-4-5-8-17(15)20(18)16(13-24)14-25/h4-9,12,18,21H,10-11H2,1-3H3,(H,26,27)/t18?,21-/m0/s1. The SMILES string of the molecule is CC(C)(C)OC(=O)N[C@H](c1cccs1)C1CCc2ccccc2C1=C(C#N)C#N. The number of hydrogen-bond donors (Lipinski definition) is 1. The number of aryl methyl sites for hydroxylation is 1. The van der Waals surface area contributed by atoms with Crippen LogP contribution in [0.5, 0.6) is 0 Å². The molecule has 2 aromatic rings. The van der Waals surface area contributed by atoms with E-state index in [1.54, 1.807) is 0 Å². The number of nitriles is 2. The Morgan fingerprint density at radius 2 is 1.93 bits per heavy atom. The molecule has 6 heteroatoms. The topological polar surface area (TPSA) is 85.9 Å². The molecular weight excluding hydrogens is 382 g/mol. The van der Waals surface area contributed by atoms with Crippen molar-refractivity contribution in [3.63, 3.8) is 0 Å². The number of nitrogens with one attached hydrogen (secondary N) is 1. The van der Waals surface area contributed by atoms with E-state index >= 15 is 0 Å². The summed E-state index contributed by atoms with van der Waals surface area (Å²) in [5.74, 6) is -0.203. The van der Waals surface area contributed by atoms with Crippen molar-refractivity contribution >= 4 is 23.0 Å². The number of nitrogens with zero attached hydrogens (tertiary/aromatic N) is 2. The van der Waals surface area contributed by atoms with Crippen LogP contribution in [0.15, 0.2) is 47.4 Å².